The maximum Gasteiger partial charge on any atom is 0.136 e. The quantitative estimate of drug-likeness (QED) is 0.849. The lowest BCUT2D eigenvalue weighted by Gasteiger charge is -2.31. The SMILES string of the molecule is Cc1nc(Nc2ccccc2C(C)(C)C)cc(N2CCC(C)CC2)n1. The second kappa shape index (κ2) is 7.03. The lowest BCUT2D eigenvalue weighted by Crippen LogP contribution is -2.33. The summed E-state index contributed by atoms with van der Waals surface area (Å²) in [6.07, 6.45) is 2.47. The summed E-state index contributed by atoms with van der Waals surface area (Å²) in [7, 11) is 0. The number of hydrogen-bond donors (Lipinski definition) is 1. The first-order valence-corrected chi connectivity index (χ1v) is 9.30. The summed E-state index contributed by atoms with van der Waals surface area (Å²) in [5, 5.41) is 3.53. The molecule has 134 valence electrons. The van der Waals surface area contributed by atoms with Crippen LogP contribution in [0.3, 0.4) is 0 Å². The molecule has 0 bridgehead atoms. The van der Waals surface area contributed by atoms with E-state index in [4.69, 9.17) is 0 Å². The molecule has 4 nitrogen and oxygen atoms in total. The average molecular weight is 338 g/mol. The molecule has 1 N–H and O–H groups in total. The number of piperidine rings is 1. The number of aryl methyl sites for hydroxylation is 1. The Morgan fingerprint density at radius 3 is 2.44 bits per heavy atom. The fourth-order valence-corrected chi connectivity index (χ4v) is 3.40. The van der Waals surface area contributed by atoms with Crippen LogP contribution in [-0.2, 0) is 5.41 Å². The van der Waals surface area contributed by atoms with Crippen molar-refractivity contribution >= 4 is 17.3 Å². The highest BCUT2D eigenvalue weighted by atomic mass is 15.2. The Bertz CT molecular complexity index is 725. The molecule has 2 aromatic rings. The third kappa shape index (κ3) is 4.30. The Labute approximate surface area is 151 Å². The van der Waals surface area contributed by atoms with Crippen LogP contribution in [-0.4, -0.2) is 23.1 Å². The van der Waals surface area contributed by atoms with Gasteiger partial charge in [0.25, 0.3) is 0 Å². The van der Waals surface area contributed by atoms with E-state index < -0.39 is 0 Å². The molecule has 4 heteroatoms. The Kier molecular flexibility index (Phi) is 4.98. The summed E-state index contributed by atoms with van der Waals surface area (Å²) >= 11 is 0. The summed E-state index contributed by atoms with van der Waals surface area (Å²) in [4.78, 5) is 11.7. The van der Waals surface area contributed by atoms with Crippen molar-refractivity contribution in [3.05, 3.63) is 41.7 Å². The van der Waals surface area contributed by atoms with E-state index in [1.165, 1.54) is 18.4 Å². The van der Waals surface area contributed by atoms with Gasteiger partial charge in [0, 0.05) is 24.8 Å². The molecule has 1 aliphatic heterocycles. The van der Waals surface area contributed by atoms with E-state index in [-0.39, 0.29) is 5.41 Å². The van der Waals surface area contributed by atoms with Crippen molar-refractivity contribution in [3.8, 4) is 0 Å². The van der Waals surface area contributed by atoms with E-state index in [2.05, 4.69) is 78.2 Å². The molecular weight excluding hydrogens is 308 g/mol. The van der Waals surface area contributed by atoms with Crippen LogP contribution >= 0.6 is 0 Å². The monoisotopic (exact) mass is 338 g/mol. The maximum absolute atomic E-state index is 4.67. The Hall–Kier alpha value is -2.10. The van der Waals surface area contributed by atoms with Crippen molar-refractivity contribution < 1.29 is 0 Å². The van der Waals surface area contributed by atoms with Gasteiger partial charge in [-0.2, -0.15) is 0 Å². The molecular formula is C21H30N4. The molecule has 3 rings (SSSR count). The number of nitrogens with zero attached hydrogens (tertiary/aromatic N) is 3. The van der Waals surface area contributed by atoms with Gasteiger partial charge in [-0.3, -0.25) is 0 Å². The fourth-order valence-electron chi connectivity index (χ4n) is 3.40. The van der Waals surface area contributed by atoms with Gasteiger partial charge in [-0.15, -0.1) is 0 Å². The second-order valence-corrected chi connectivity index (χ2v) is 8.25. The van der Waals surface area contributed by atoms with Gasteiger partial charge < -0.3 is 10.2 Å². The molecule has 0 saturated carbocycles. The molecule has 1 aromatic carbocycles. The van der Waals surface area contributed by atoms with Crippen LogP contribution in [0.1, 0.15) is 51.9 Å². The van der Waals surface area contributed by atoms with E-state index in [0.717, 1.165) is 42.2 Å². The number of para-hydroxylation sites is 1. The van der Waals surface area contributed by atoms with E-state index in [9.17, 15) is 0 Å². The van der Waals surface area contributed by atoms with E-state index in [1.54, 1.807) is 0 Å². The van der Waals surface area contributed by atoms with Crippen LogP contribution < -0.4 is 10.2 Å². The first-order valence-electron chi connectivity index (χ1n) is 9.30. The predicted molar refractivity (Wildman–Crippen MR) is 106 cm³/mol. The number of anilines is 3. The van der Waals surface area contributed by atoms with E-state index in [1.807, 2.05) is 6.92 Å². The van der Waals surface area contributed by atoms with Crippen LogP contribution in [0.25, 0.3) is 0 Å². The number of aromatic nitrogens is 2. The predicted octanol–water partition coefficient (Wildman–Crippen LogP) is 5.06. The smallest absolute Gasteiger partial charge is 0.136 e. The number of hydrogen-bond acceptors (Lipinski definition) is 4. The van der Waals surface area contributed by atoms with Crippen LogP contribution in [0, 0.1) is 12.8 Å². The lowest BCUT2D eigenvalue weighted by atomic mass is 9.86. The van der Waals surface area contributed by atoms with Gasteiger partial charge in [0.05, 0.1) is 0 Å². The number of nitrogens with one attached hydrogen (secondary N) is 1. The van der Waals surface area contributed by atoms with Gasteiger partial charge in [0.2, 0.25) is 0 Å². The van der Waals surface area contributed by atoms with Crippen molar-refractivity contribution in [3.63, 3.8) is 0 Å². The van der Waals surface area contributed by atoms with Crippen molar-refractivity contribution in [2.75, 3.05) is 23.3 Å². The molecule has 1 aliphatic rings. The summed E-state index contributed by atoms with van der Waals surface area (Å²) < 4.78 is 0. The van der Waals surface area contributed by atoms with Gasteiger partial charge >= 0.3 is 0 Å². The van der Waals surface area contributed by atoms with E-state index >= 15 is 0 Å². The molecule has 1 fully saturated rings. The van der Waals surface area contributed by atoms with Crippen LogP contribution in [0.5, 0.6) is 0 Å². The van der Waals surface area contributed by atoms with Crippen molar-refractivity contribution in [2.24, 2.45) is 5.92 Å². The molecule has 0 unspecified atom stereocenters. The first kappa shape index (κ1) is 17.7. The molecule has 0 aliphatic carbocycles. The summed E-state index contributed by atoms with van der Waals surface area (Å²) in [6.45, 7) is 13.2. The van der Waals surface area contributed by atoms with Crippen LogP contribution in [0.2, 0.25) is 0 Å². The molecule has 0 radical (unpaired) electrons. The third-order valence-corrected chi connectivity index (χ3v) is 4.93. The topological polar surface area (TPSA) is 41.1 Å². The average Bonchev–Trinajstić information content (AvgIpc) is 2.54. The highest BCUT2D eigenvalue weighted by Crippen LogP contribution is 2.31. The van der Waals surface area contributed by atoms with Gasteiger partial charge in [-0.05, 0) is 42.7 Å². The first-order chi connectivity index (χ1) is 11.8. The highest BCUT2D eigenvalue weighted by molar-refractivity contribution is 5.64. The van der Waals surface area contributed by atoms with Crippen molar-refractivity contribution in [2.45, 2.75) is 52.9 Å². The zero-order valence-electron chi connectivity index (χ0n) is 16.1. The standard InChI is InChI=1S/C21H30N4/c1-15-10-12-25(13-11-15)20-14-19(22-16(2)23-20)24-18-9-7-6-8-17(18)21(3,4)5/h6-9,14-15H,10-13H2,1-5H3,(H,22,23,24). The van der Waals surface area contributed by atoms with Gasteiger partial charge in [0.15, 0.2) is 0 Å². The van der Waals surface area contributed by atoms with Crippen LogP contribution in [0.4, 0.5) is 17.3 Å². The summed E-state index contributed by atoms with van der Waals surface area (Å²) in [6, 6.07) is 10.6. The minimum absolute atomic E-state index is 0.0809. The number of benzene rings is 1. The zero-order valence-corrected chi connectivity index (χ0v) is 16.1. The zero-order chi connectivity index (χ0) is 18.0. The van der Waals surface area contributed by atoms with E-state index in [0.29, 0.717) is 0 Å². The van der Waals surface area contributed by atoms with Crippen molar-refractivity contribution in [1.29, 1.82) is 0 Å². The minimum Gasteiger partial charge on any atom is -0.356 e. The second-order valence-electron chi connectivity index (χ2n) is 8.25. The van der Waals surface area contributed by atoms with Gasteiger partial charge in [-0.25, -0.2) is 9.97 Å². The molecule has 1 aromatic heterocycles. The normalized spacial score (nSPS) is 16.1. The third-order valence-electron chi connectivity index (χ3n) is 4.93. The molecule has 0 spiro atoms. The fraction of sp³-hybridized carbons (Fsp3) is 0.524. The summed E-state index contributed by atoms with van der Waals surface area (Å²) in [5.74, 6) is 3.54. The van der Waals surface area contributed by atoms with Gasteiger partial charge in [-0.1, -0.05) is 45.9 Å². The molecule has 0 amide bonds. The minimum atomic E-state index is 0.0809. The Balaban J connectivity index is 1.87. The van der Waals surface area contributed by atoms with Crippen LogP contribution in [0.15, 0.2) is 30.3 Å². The Morgan fingerprint density at radius 2 is 1.76 bits per heavy atom. The molecule has 0 atom stereocenters. The maximum atomic E-state index is 4.67. The lowest BCUT2D eigenvalue weighted by molar-refractivity contribution is 0.436. The number of rotatable bonds is 3. The van der Waals surface area contributed by atoms with Gasteiger partial charge in [0.1, 0.15) is 17.5 Å². The largest absolute Gasteiger partial charge is 0.356 e. The highest BCUT2D eigenvalue weighted by Gasteiger charge is 2.20. The van der Waals surface area contributed by atoms with Crippen molar-refractivity contribution in [1.82, 2.24) is 9.97 Å². The molecule has 25 heavy (non-hydrogen) atoms. The Morgan fingerprint density at radius 1 is 1.08 bits per heavy atom. The molecule has 1 saturated heterocycles. The summed E-state index contributed by atoms with van der Waals surface area (Å²) in [5.41, 5.74) is 2.49. The molecule has 2 heterocycles.